The first-order valence-corrected chi connectivity index (χ1v) is 11.4. The number of hydrogen-bond acceptors (Lipinski definition) is 3. The molecule has 0 bridgehead atoms. The Balaban J connectivity index is 3.91. The van der Waals surface area contributed by atoms with Crippen molar-refractivity contribution in [1.29, 1.82) is 0 Å². The molecular formula is C23H47NO2. The van der Waals surface area contributed by atoms with Gasteiger partial charge in [0, 0.05) is 0 Å². The van der Waals surface area contributed by atoms with Crippen LogP contribution in [-0.4, -0.2) is 29.0 Å². The molecule has 0 aliphatic rings. The van der Waals surface area contributed by atoms with Crippen LogP contribution in [0.3, 0.4) is 0 Å². The van der Waals surface area contributed by atoms with Gasteiger partial charge in [-0.05, 0) is 18.8 Å². The molecule has 3 atom stereocenters. The number of allylic oxidation sites excluding steroid dienone is 1. The van der Waals surface area contributed by atoms with E-state index in [1.165, 1.54) is 96.3 Å². The Kier molecular flexibility index (Phi) is 19.1. The third-order valence-electron chi connectivity index (χ3n) is 5.34. The highest BCUT2D eigenvalue weighted by Crippen LogP contribution is 2.20. The molecule has 0 fully saturated rings. The van der Waals surface area contributed by atoms with Crippen LogP contribution in [0.5, 0.6) is 0 Å². The van der Waals surface area contributed by atoms with Crippen molar-refractivity contribution in [3.8, 4) is 0 Å². The van der Waals surface area contributed by atoms with Gasteiger partial charge in [-0.25, -0.2) is 0 Å². The summed E-state index contributed by atoms with van der Waals surface area (Å²) in [5.74, 6) is 0.538. The molecule has 0 aromatic heterocycles. The fourth-order valence-corrected chi connectivity index (χ4v) is 3.41. The average Bonchev–Trinajstić information content (AvgIpc) is 2.66. The van der Waals surface area contributed by atoms with E-state index >= 15 is 0 Å². The van der Waals surface area contributed by atoms with Crippen molar-refractivity contribution in [1.82, 2.24) is 0 Å². The first kappa shape index (κ1) is 25.6. The van der Waals surface area contributed by atoms with Crippen molar-refractivity contribution in [2.75, 3.05) is 6.61 Å². The van der Waals surface area contributed by atoms with Crippen LogP contribution in [0.2, 0.25) is 0 Å². The Hall–Kier alpha value is -0.380. The van der Waals surface area contributed by atoms with Crippen LogP contribution in [0.25, 0.3) is 0 Å². The van der Waals surface area contributed by atoms with Crippen LogP contribution in [0, 0.1) is 5.92 Å². The maximum atomic E-state index is 9.91. The Bertz CT molecular complexity index is 307. The summed E-state index contributed by atoms with van der Waals surface area (Å²) in [7, 11) is 0. The van der Waals surface area contributed by atoms with Crippen molar-refractivity contribution in [3.63, 3.8) is 0 Å². The van der Waals surface area contributed by atoms with E-state index in [0.29, 0.717) is 5.92 Å². The maximum absolute atomic E-state index is 9.91. The summed E-state index contributed by atoms with van der Waals surface area (Å²) in [6.07, 6.45) is 23.1. The molecule has 0 aliphatic heterocycles. The van der Waals surface area contributed by atoms with Crippen LogP contribution < -0.4 is 5.73 Å². The Morgan fingerprint density at radius 3 is 1.62 bits per heavy atom. The summed E-state index contributed by atoms with van der Waals surface area (Å²) in [5, 5.41) is 18.9. The number of hydrogen-bond donors (Lipinski definition) is 3. The summed E-state index contributed by atoms with van der Waals surface area (Å²) in [4.78, 5) is 0. The Morgan fingerprint density at radius 2 is 1.12 bits per heavy atom. The molecule has 0 spiro atoms. The average molecular weight is 370 g/mol. The van der Waals surface area contributed by atoms with Crippen LogP contribution in [0.1, 0.15) is 110 Å². The van der Waals surface area contributed by atoms with Crippen molar-refractivity contribution in [2.24, 2.45) is 11.7 Å². The van der Waals surface area contributed by atoms with Crippen molar-refractivity contribution < 1.29 is 10.2 Å². The highest BCUT2D eigenvalue weighted by atomic mass is 16.3. The predicted octanol–water partition coefficient (Wildman–Crippen LogP) is 5.73. The summed E-state index contributed by atoms with van der Waals surface area (Å²) >= 11 is 0. The summed E-state index contributed by atoms with van der Waals surface area (Å²) in [6.45, 7) is 4.33. The molecule has 0 saturated carbocycles. The number of aliphatic hydroxyl groups is 2. The van der Waals surface area contributed by atoms with Gasteiger partial charge in [0.2, 0.25) is 0 Å². The van der Waals surface area contributed by atoms with Gasteiger partial charge in [0.1, 0.15) is 0 Å². The zero-order chi connectivity index (χ0) is 19.5. The minimum absolute atomic E-state index is 0.176. The van der Waals surface area contributed by atoms with E-state index in [2.05, 4.69) is 19.9 Å². The topological polar surface area (TPSA) is 66.5 Å². The molecule has 3 heteroatoms. The third kappa shape index (κ3) is 15.8. The lowest BCUT2D eigenvalue weighted by Crippen LogP contribution is -2.36. The second-order valence-electron chi connectivity index (χ2n) is 7.95. The largest absolute Gasteiger partial charge is 0.395 e. The van der Waals surface area contributed by atoms with Gasteiger partial charge in [0.05, 0.1) is 18.8 Å². The number of rotatable bonds is 19. The fourth-order valence-electron chi connectivity index (χ4n) is 3.41. The van der Waals surface area contributed by atoms with Crippen molar-refractivity contribution in [2.45, 2.75) is 122 Å². The van der Waals surface area contributed by atoms with E-state index in [4.69, 9.17) is 10.8 Å². The molecule has 0 radical (unpaired) electrons. The van der Waals surface area contributed by atoms with Crippen LogP contribution in [-0.2, 0) is 0 Å². The molecule has 156 valence electrons. The number of unbranched alkanes of at least 4 members (excludes halogenated alkanes) is 11. The highest BCUT2D eigenvalue weighted by Gasteiger charge is 2.11. The van der Waals surface area contributed by atoms with Gasteiger partial charge >= 0.3 is 0 Å². The molecule has 0 heterocycles. The van der Waals surface area contributed by atoms with Gasteiger partial charge in [0.15, 0.2) is 0 Å². The second kappa shape index (κ2) is 19.4. The molecule has 0 aliphatic carbocycles. The number of aliphatic hydroxyl groups excluding tert-OH is 2. The van der Waals surface area contributed by atoms with E-state index < -0.39 is 12.1 Å². The van der Waals surface area contributed by atoms with Gasteiger partial charge < -0.3 is 15.9 Å². The van der Waals surface area contributed by atoms with E-state index in [1.54, 1.807) is 6.08 Å². The first-order valence-electron chi connectivity index (χ1n) is 11.4. The lowest BCUT2D eigenvalue weighted by atomic mass is 9.93. The third-order valence-corrected chi connectivity index (χ3v) is 5.34. The highest BCUT2D eigenvalue weighted by molar-refractivity contribution is 4.97. The predicted molar refractivity (Wildman–Crippen MR) is 114 cm³/mol. The minimum Gasteiger partial charge on any atom is -0.395 e. The molecular weight excluding hydrogens is 322 g/mol. The lowest BCUT2D eigenvalue weighted by Gasteiger charge is -2.16. The molecule has 0 aromatic rings. The first-order chi connectivity index (χ1) is 12.7. The smallest absolute Gasteiger partial charge is 0.0894 e. The fraction of sp³-hybridized carbons (Fsp3) is 0.913. The lowest BCUT2D eigenvalue weighted by molar-refractivity contribution is 0.143. The Morgan fingerprint density at radius 1 is 0.692 bits per heavy atom. The van der Waals surface area contributed by atoms with Gasteiger partial charge in [-0.2, -0.15) is 0 Å². The monoisotopic (exact) mass is 369 g/mol. The van der Waals surface area contributed by atoms with E-state index in [0.717, 1.165) is 0 Å². The molecule has 0 amide bonds. The molecule has 0 saturated heterocycles. The zero-order valence-corrected chi connectivity index (χ0v) is 17.7. The Labute approximate surface area is 163 Å². The molecule has 3 nitrogen and oxygen atoms in total. The molecule has 4 N–H and O–H groups in total. The normalized spacial score (nSPS) is 15.4. The summed E-state index contributed by atoms with van der Waals surface area (Å²) in [6, 6.07) is -0.570. The van der Waals surface area contributed by atoms with Gasteiger partial charge in [-0.1, -0.05) is 109 Å². The van der Waals surface area contributed by atoms with Crippen LogP contribution in [0.15, 0.2) is 12.2 Å². The van der Waals surface area contributed by atoms with Gasteiger partial charge in [-0.15, -0.1) is 0 Å². The zero-order valence-electron chi connectivity index (χ0n) is 17.7. The van der Waals surface area contributed by atoms with Gasteiger partial charge in [-0.3, -0.25) is 0 Å². The van der Waals surface area contributed by atoms with E-state index in [9.17, 15) is 5.11 Å². The van der Waals surface area contributed by atoms with E-state index in [-0.39, 0.29) is 6.61 Å². The summed E-state index contributed by atoms with van der Waals surface area (Å²) < 4.78 is 0. The number of nitrogens with two attached hydrogens (primary N) is 1. The van der Waals surface area contributed by atoms with Crippen molar-refractivity contribution in [3.05, 3.63) is 12.2 Å². The molecule has 3 unspecified atom stereocenters. The SMILES string of the molecule is CCCCCCCCCCCCC(/C=C/C(O)C(N)CO)CCCCC. The molecule has 0 rings (SSSR count). The second-order valence-corrected chi connectivity index (χ2v) is 7.95. The minimum atomic E-state index is -0.735. The molecule has 0 aromatic carbocycles. The maximum Gasteiger partial charge on any atom is 0.0894 e. The molecule has 26 heavy (non-hydrogen) atoms. The quantitative estimate of drug-likeness (QED) is 0.201. The van der Waals surface area contributed by atoms with E-state index in [1.807, 2.05) is 0 Å². The standard InChI is InChI=1S/C23H47NO2/c1-3-5-7-8-9-10-11-12-13-15-17-21(16-14-6-4-2)18-19-23(26)22(24)20-25/h18-19,21-23,25-26H,3-17,20,24H2,1-2H3/b19-18+. The van der Waals surface area contributed by atoms with Gasteiger partial charge in [0.25, 0.3) is 0 Å². The summed E-state index contributed by atoms with van der Waals surface area (Å²) in [5.41, 5.74) is 5.68. The van der Waals surface area contributed by atoms with Crippen LogP contribution >= 0.6 is 0 Å². The van der Waals surface area contributed by atoms with Crippen molar-refractivity contribution >= 4 is 0 Å². The van der Waals surface area contributed by atoms with Crippen LogP contribution in [0.4, 0.5) is 0 Å².